The van der Waals surface area contributed by atoms with E-state index >= 15 is 0 Å². The predicted molar refractivity (Wildman–Crippen MR) is 96.8 cm³/mol. The number of hydrogen-bond acceptors (Lipinski definition) is 4. The maximum Gasteiger partial charge on any atom is 0.407 e. The van der Waals surface area contributed by atoms with Crippen LogP contribution in [0.15, 0.2) is 47.5 Å². The molecule has 1 saturated heterocycles. The minimum Gasteiger partial charge on any atom is -0.490 e. The molecule has 1 aliphatic heterocycles. The zero-order valence-electron chi connectivity index (χ0n) is 14.9. The maximum atomic E-state index is 12.4. The molecule has 0 aliphatic carbocycles. The zero-order valence-corrected chi connectivity index (χ0v) is 14.9. The molecule has 26 heavy (non-hydrogen) atoms. The second kappa shape index (κ2) is 7.59. The normalized spacial score (nSPS) is 20.2. The van der Waals surface area contributed by atoms with Crippen LogP contribution in [0, 0.1) is 5.92 Å². The summed E-state index contributed by atoms with van der Waals surface area (Å²) in [5.41, 5.74) is -0.218. The van der Waals surface area contributed by atoms with Crippen LogP contribution in [0.4, 0.5) is 4.79 Å². The van der Waals surface area contributed by atoms with E-state index in [-0.39, 0.29) is 23.6 Å². The molecular formula is C19H23N3O4. The van der Waals surface area contributed by atoms with Crippen LogP contribution in [-0.4, -0.2) is 44.3 Å². The van der Waals surface area contributed by atoms with Crippen LogP contribution in [0.3, 0.4) is 0 Å². The molecule has 0 spiro atoms. The lowest BCUT2D eigenvalue weighted by Crippen LogP contribution is -2.50. The third-order valence-electron chi connectivity index (χ3n) is 4.70. The lowest BCUT2D eigenvalue weighted by Gasteiger charge is -2.39. The molecule has 2 aromatic heterocycles. The van der Waals surface area contributed by atoms with Crippen LogP contribution in [-0.2, 0) is 0 Å². The zero-order chi connectivity index (χ0) is 18.7. The Kier molecular flexibility index (Phi) is 5.25. The summed E-state index contributed by atoms with van der Waals surface area (Å²) in [6, 6.07) is 8.48. The van der Waals surface area contributed by atoms with Gasteiger partial charge in [0.2, 0.25) is 0 Å². The summed E-state index contributed by atoms with van der Waals surface area (Å²) in [6.45, 7) is 4.46. The number of aromatic nitrogens is 2. The fourth-order valence-electron chi connectivity index (χ4n) is 3.35. The van der Waals surface area contributed by atoms with Crippen molar-refractivity contribution in [3.05, 3.63) is 53.1 Å². The molecule has 3 rings (SSSR count). The fourth-order valence-corrected chi connectivity index (χ4v) is 3.35. The van der Waals surface area contributed by atoms with Gasteiger partial charge in [0, 0.05) is 43.9 Å². The van der Waals surface area contributed by atoms with Crippen LogP contribution in [0.5, 0.6) is 5.75 Å². The SMILES string of the molecule is CC(C)C1CC(Oc2ccn(-c3ccccn3)c(=O)c2)CCN1C(=O)O. The second-order valence-electron chi connectivity index (χ2n) is 6.81. The molecule has 2 aromatic rings. The predicted octanol–water partition coefficient (Wildman–Crippen LogP) is 2.78. The highest BCUT2D eigenvalue weighted by Crippen LogP contribution is 2.26. The number of carboxylic acid groups (broad SMARTS) is 1. The number of ether oxygens (including phenoxy) is 1. The molecule has 2 unspecified atom stereocenters. The molecule has 1 amide bonds. The number of rotatable bonds is 4. The van der Waals surface area contributed by atoms with Crippen molar-refractivity contribution in [1.82, 2.24) is 14.5 Å². The fraction of sp³-hybridized carbons (Fsp3) is 0.421. The van der Waals surface area contributed by atoms with E-state index in [1.54, 1.807) is 30.6 Å². The van der Waals surface area contributed by atoms with Gasteiger partial charge in [0.1, 0.15) is 17.7 Å². The van der Waals surface area contributed by atoms with Gasteiger partial charge >= 0.3 is 6.09 Å². The van der Waals surface area contributed by atoms with E-state index in [4.69, 9.17) is 4.74 Å². The van der Waals surface area contributed by atoms with E-state index in [0.29, 0.717) is 31.0 Å². The Hall–Kier alpha value is -2.83. The largest absolute Gasteiger partial charge is 0.490 e. The van der Waals surface area contributed by atoms with Crippen molar-refractivity contribution in [3.8, 4) is 11.6 Å². The Bertz CT molecular complexity index is 819. The first-order chi connectivity index (χ1) is 12.5. The third-order valence-corrected chi connectivity index (χ3v) is 4.70. The number of amides is 1. The van der Waals surface area contributed by atoms with Crippen LogP contribution < -0.4 is 10.3 Å². The molecule has 0 radical (unpaired) electrons. The van der Waals surface area contributed by atoms with Gasteiger partial charge in [0.05, 0.1) is 0 Å². The van der Waals surface area contributed by atoms with E-state index in [1.807, 2.05) is 19.9 Å². The van der Waals surface area contributed by atoms with E-state index in [2.05, 4.69) is 4.98 Å². The number of carbonyl (C=O) groups is 1. The minimum atomic E-state index is -0.889. The number of likely N-dealkylation sites (tertiary alicyclic amines) is 1. The maximum absolute atomic E-state index is 12.4. The van der Waals surface area contributed by atoms with Gasteiger partial charge in [-0.05, 0) is 24.1 Å². The summed E-state index contributed by atoms with van der Waals surface area (Å²) in [6.07, 6.45) is 3.51. The number of hydrogen-bond donors (Lipinski definition) is 1. The van der Waals surface area contributed by atoms with Crippen molar-refractivity contribution < 1.29 is 14.6 Å². The van der Waals surface area contributed by atoms with Crippen LogP contribution in [0.2, 0.25) is 0 Å². The molecule has 138 valence electrons. The van der Waals surface area contributed by atoms with Gasteiger partial charge < -0.3 is 14.7 Å². The Morgan fingerprint density at radius 2 is 2.15 bits per heavy atom. The topological polar surface area (TPSA) is 84.7 Å². The Morgan fingerprint density at radius 3 is 2.77 bits per heavy atom. The van der Waals surface area contributed by atoms with Gasteiger partial charge in [-0.15, -0.1) is 0 Å². The third kappa shape index (κ3) is 3.87. The summed E-state index contributed by atoms with van der Waals surface area (Å²) in [5.74, 6) is 1.26. The molecule has 7 nitrogen and oxygen atoms in total. The molecular weight excluding hydrogens is 334 g/mol. The van der Waals surface area contributed by atoms with Gasteiger partial charge in [0.25, 0.3) is 5.56 Å². The van der Waals surface area contributed by atoms with Crippen molar-refractivity contribution in [2.45, 2.75) is 38.8 Å². The lowest BCUT2D eigenvalue weighted by atomic mass is 9.91. The molecule has 1 aliphatic rings. The first-order valence-electron chi connectivity index (χ1n) is 8.76. The summed E-state index contributed by atoms with van der Waals surface area (Å²) in [4.78, 5) is 29.4. The van der Waals surface area contributed by atoms with Crippen molar-refractivity contribution in [2.75, 3.05) is 6.54 Å². The first-order valence-corrected chi connectivity index (χ1v) is 8.76. The monoisotopic (exact) mass is 357 g/mol. The standard InChI is InChI=1S/C19H23N3O4/c1-13(2)16-11-14(6-9-21(16)19(24)25)26-15-7-10-22(18(23)12-15)17-5-3-4-8-20-17/h3-5,7-8,10,12-14,16H,6,9,11H2,1-2H3,(H,24,25). The van der Waals surface area contributed by atoms with E-state index in [1.165, 1.54) is 15.5 Å². The number of nitrogens with zero attached hydrogens (tertiary/aromatic N) is 3. The number of pyridine rings is 2. The molecule has 0 saturated carbocycles. The molecule has 7 heteroatoms. The van der Waals surface area contributed by atoms with Crippen LogP contribution >= 0.6 is 0 Å². The van der Waals surface area contributed by atoms with Crippen molar-refractivity contribution >= 4 is 6.09 Å². The first kappa shape index (κ1) is 18.0. The number of piperidine rings is 1. The summed E-state index contributed by atoms with van der Waals surface area (Å²) in [5, 5.41) is 9.34. The van der Waals surface area contributed by atoms with Gasteiger partial charge in [-0.25, -0.2) is 9.78 Å². The van der Waals surface area contributed by atoms with E-state index < -0.39 is 6.09 Å². The van der Waals surface area contributed by atoms with Crippen molar-refractivity contribution in [2.24, 2.45) is 5.92 Å². The second-order valence-corrected chi connectivity index (χ2v) is 6.81. The summed E-state index contributed by atoms with van der Waals surface area (Å²) in [7, 11) is 0. The molecule has 0 bridgehead atoms. The van der Waals surface area contributed by atoms with E-state index in [0.717, 1.165) is 0 Å². The quantitative estimate of drug-likeness (QED) is 0.909. The van der Waals surface area contributed by atoms with Crippen LogP contribution in [0.1, 0.15) is 26.7 Å². The van der Waals surface area contributed by atoms with E-state index in [9.17, 15) is 14.7 Å². The van der Waals surface area contributed by atoms with Gasteiger partial charge in [-0.3, -0.25) is 9.36 Å². The minimum absolute atomic E-state index is 0.0832. The Balaban J connectivity index is 1.73. The summed E-state index contributed by atoms with van der Waals surface area (Å²) < 4.78 is 7.44. The Morgan fingerprint density at radius 1 is 1.35 bits per heavy atom. The average Bonchev–Trinajstić information content (AvgIpc) is 2.62. The van der Waals surface area contributed by atoms with Crippen LogP contribution in [0.25, 0.3) is 5.82 Å². The molecule has 1 fully saturated rings. The highest BCUT2D eigenvalue weighted by atomic mass is 16.5. The molecule has 3 heterocycles. The van der Waals surface area contributed by atoms with Gasteiger partial charge in [-0.2, -0.15) is 0 Å². The lowest BCUT2D eigenvalue weighted by molar-refractivity contribution is 0.0381. The van der Waals surface area contributed by atoms with Crippen molar-refractivity contribution in [3.63, 3.8) is 0 Å². The summed E-state index contributed by atoms with van der Waals surface area (Å²) >= 11 is 0. The smallest absolute Gasteiger partial charge is 0.407 e. The molecule has 2 atom stereocenters. The molecule has 0 aromatic carbocycles. The highest BCUT2D eigenvalue weighted by molar-refractivity contribution is 5.65. The highest BCUT2D eigenvalue weighted by Gasteiger charge is 2.34. The van der Waals surface area contributed by atoms with Crippen molar-refractivity contribution in [1.29, 1.82) is 0 Å². The van der Waals surface area contributed by atoms with Gasteiger partial charge in [0.15, 0.2) is 0 Å². The van der Waals surface area contributed by atoms with Gasteiger partial charge in [-0.1, -0.05) is 19.9 Å². The Labute approximate surface area is 151 Å². The molecule has 1 N–H and O–H groups in total. The average molecular weight is 357 g/mol.